The molecular formula is C29H39N7O4. The van der Waals surface area contributed by atoms with Crippen molar-refractivity contribution in [2.45, 2.75) is 69.7 Å². The molecule has 0 saturated heterocycles. The number of anilines is 1. The van der Waals surface area contributed by atoms with Crippen molar-refractivity contribution in [2.75, 3.05) is 32.1 Å². The van der Waals surface area contributed by atoms with Gasteiger partial charge < -0.3 is 25.9 Å². The fourth-order valence-electron chi connectivity index (χ4n) is 5.54. The average molecular weight is 550 g/mol. The number of β-amino-alcohol motifs (C(OH)–C–C–N with tert-alkyl or cyclic N) is 1. The number of oxime groups is 1. The first-order valence-electron chi connectivity index (χ1n) is 14.2. The van der Waals surface area contributed by atoms with E-state index in [1.165, 1.54) is 24.6 Å². The number of nitrogens with one attached hydrogen (secondary N) is 3. The number of carbonyl (C=O) groups is 2. The standard InChI is InChI=1S/C29H39N7O4/c1-40-35-27(20-6-7-20)29(39)34-23-10-8-22(9-11-23)33-26-14-25(31-18-32-26)28(38)30-15-24(37)17-36-13-12-19-4-2-3-5-21(19)16-36/h2-5,14,18,20,22-24,37H,6-13,15-17H2,1H3,(H,30,38)(H,34,39)(H,31,32,33)/b35-27-/t22?,23?,24-/m0/s1. The summed E-state index contributed by atoms with van der Waals surface area (Å²) in [7, 11) is 1.47. The van der Waals surface area contributed by atoms with E-state index in [1.807, 2.05) is 6.07 Å². The van der Waals surface area contributed by atoms with Crippen molar-refractivity contribution in [2.24, 2.45) is 11.1 Å². The molecule has 0 bridgehead atoms. The SMILES string of the molecule is CO/N=C(\C(=O)NC1CCC(Nc2cc(C(=O)NC[C@H](O)CN3CCc4ccccc4C3)ncn2)CC1)C1CC1. The van der Waals surface area contributed by atoms with E-state index < -0.39 is 6.10 Å². The molecule has 5 rings (SSSR count). The van der Waals surface area contributed by atoms with Crippen molar-refractivity contribution in [3.63, 3.8) is 0 Å². The van der Waals surface area contributed by atoms with Crippen LogP contribution in [0.4, 0.5) is 5.82 Å². The van der Waals surface area contributed by atoms with Crippen molar-refractivity contribution < 1.29 is 19.5 Å². The fourth-order valence-corrected chi connectivity index (χ4v) is 5.54. The number of nitrogens with zero attached hydrogens (tertiary/aromatic N) is 4. The molecule has 1 aromatic carbocycles. The highest BCUT2D eigenvalue weighted by Gasteiger charge is 2.34. The molecule has 0 radical (unpaired) electrons. The van der Waals surface area contributed by atoms with Gasteiger partial charge in [-0.05, 0) is 56.1 Å². The summed E-state index contributed by atoms with van der Waals surface area (Å²) in [5, 5.41) is 23.8. The zero-order valence-electron chi connectivity index (χ0n) is 23.0. The first-order chi connectivity index (χ1) is 19.5. The second-order valence-corrected chi connectivity index (χ2v) is 11.0. The Morgan fingerprint density at radius 3 is 2.60 bits per heavy atom. The monoisotopic (exact) mass is 549 g/mol. The van der Waals surface area contributed by atoms with Crippen LogP contribution in [0.25, 0.3) is 0 Å². The third-order valence-corrected chi connectivity index (χ3v) is 7.88. The zero-order chi connectivity index (χ0) is 27.9. The molecule has 11 nitrogen and oxygen atoms in total. The number of hydrogen-bond acceptors (Lipinski definition) is 9. The van der Waals surface area contributed by atoms with Gasteiger partial charge in [-0.1, -0.05) is 29.4 Å². The Kier molecular flexibility index (Phi) is 9.22. The van der Waals surface area contributed by atoms with Gasteiger partial charge in [-0.2, -0.15) is 0 Å². The van der Waals surface area contributed by atoms with Gasteiger partial charge in [0.15, 0.2) is 0 Å². The molecule has 0 spiro atoms. The highest BCUT2D eigenvalue weighted by Crippen LogP contribution is 2.31. The smallest absolute Gasteiger partial charge is 0.270 e. The van der Waals surface area contributed by atoms with Crippen molar-refractivity contribution in [3.8, 4) is 0 Å². The molecule has 214 valence electrons. The van der Waals surface area contributed by atoms with Crippen LogP contribution in [0.2, 0.25) is 0 Å². The molecule has 1 aliphatic heterocycles. The van der Waals surface area contributed by atoms with Crippen LogP contribution >= 0.6 is 0 Å². The first-order valence-corrected chi connectivity index (χ1v) is 14.2. The maximum absolute atomic E-state index is 12.7. The van der Waals surface area contributed by atoms with Gasteiger partial charge in [0, 0.05) is 50.2 Å². The Bertz CT molecular complexity index is 1210. The van der Waals surface area contributed by atoms with E-state index in [2.05, 4.69) is 54.2 Å². The Morgan fingerprint density at radius 2 is 1.85 bits per heavy atom. The maximum atomic E-state index is 12.7. The Hall–Kier alpha value is -3.57. The molecule has 2 aromatic rings. The molecule has 4 N–H and O–H groups in total. The number of aromatic nitrogens is 2. The lowest BCUT2D eigenvalue weighted by Crippen LogP contribution is -2.43. The number of carbonyl (C=O) groups excluding carboxylic acids is 2. The number of amides is 2. The zero-order valence-corrected chi connectivity index (χ0v) is 23.0. The minimum Gasteiger partial charge on any atom is -0.399 e. The van der Waals surface area contributed by atoms with E-state index in [-0.39, 0.29) is 42.1 Å². The highest BCUT2D eigenvalue weighted by atomic mass is 16.6. The van der Waals surface area contributed by atoms with Crippen molar-refractivity contribution in [1.29, 1.82) is 0 Å². The van der Waals surface area contributed by atoms with Gasteiger partial charge in [0.1, 0.15) is 30.7 Å². The molecular weight excluding hydrogens is 510 g/mol. The van der Waals surface area contributed by atoms with Crippen molar-refractivity contribution >= 4 is 23.3 Å². The molecule has 40 heavy (non-hydrogen) atoms. The first kappa shape index (κ1) is 28.0. The van der Waals surface area contributed by atoms with E-state index in [1.54, 1.807) is 6.07 Å². The predicted octanol–water partition coefficient (Wildman–Crippen LogP) is 1.88. The van der Waals surface area contributed by atoms with Crippen LogP contribution in [0.5, 0.6) is 0 Å². The molecule has 11 heteroatoms. The summed E-state index contributed by atoms with van der Waals surface area (Å²) < 4.78 is 0. The topological polar surface area (TPSA) is 141 Å². The van der Waals surface area contributed by atoms with E-state index in [9.17, 15) is 14.7 Å². The molecule has 3 aliphatic rings. The van der Waals surface area contributed by atoms with Gasteiger partial charge in [0.2, 0.25) is 0 Å². The van der Waals surface area contributed by atoms with Crippen LogP contribution in [0.15, 0.2) is 41.8 Å². The van der Waals surface area contributed by atoms with Crippen LogP contribution in [0.1, 0.15) is 60.1 Å². The number of benzene rings is 1. The quantitative estimate of drug-likeness (QED) is 0.246. The highest BCUT2D eigenvalue weighted by molar-refractivity contribution is 6.40. The number of aliphatic hydroxyl groups is 1. The van der Waals surface area contributed by atoms with E-state index in [4.69, 9.17) is 4.84 Å². The third-order valence-electron chi connectivity index (χ3n) is 7.88. The van der Waals surface area contributed by atoms with Crippen LogP contribution < -0.4 is 16.0 Å². The average Bonchev–Trinajstić information content (AvgIpc) is 3.81. The summed E-state index contributed by atoms with van der Waals surface area (Å²) in [5.41, 5.74) is 3.41. The van der Waals surface area contributed by atoms with Gasteiger partial charge in [-0.15, -0.1) is 0 Å². The van der Waals surface area contributed by atoms with Gasteiger partial charge >= 0.3 is 0 Å². The summed E-state index contributed by atoms with van der Waals surface area (Å²) >= 11 is 0. The molecule has 2 heterocycles. The minimum atomic E-state index is -0.676. The summed E-state index contributed by atoms with van der Waals surface area (Å²) in [6.45, 7) is 2.34. The van der Waals surface area contributed by atoms with Gasteiger partial charge in [-0.3, -0.25) is 14.5 Å². The molecule has 2 aliphatic carbocycles. The van der Waals surface area contributed by atoms with Crippen molar-refractivity contribution in [1.82, 2.24) is 25.5 Å². The van der Waals surface area contributed by atoms with Gasteiger partial charge in [0.25, 0.3) is 11.8 Å². The van der Waals surface area contributed by atoms with Crippen LogP contribution in [-0.4, -0.2) is 82.4 Å². The summed E-state index contributed by atoms with van der Waals surface area (Å²) in [6.07, 6.45) is 7.05. The lowest BCUT2D eigenvalue weighted by atomic mass is 9.91. The normalized spacial score (nSPS) is 22.1. The second-order valence-electron chi connectivity index (χ2n) is 11.0. The van der Waals surface area contributed by atoms with E-state index in [0.29, 0.717) is 18.1 Å². The van der Waals surface area contributed by atoms with E-state index in [0.717, 1.165) is 58.0 Å². The Morgan fingerprint density at radius 1 is 1.10 bits per heavy atom. The Labute approximate surface area is 234 Å². The second kappa shape index (κ2) is 13.2. The molecule has 2 saturated carbocycles. The number of fused-ring (bicyclic) bond motifs is 1. The van der Waals surface area contributed by atoms with Gasteiger partial charge in [0.05, 0.1) is 6.10 Å². The summed E-state index contributed by atoms with van der Waals surface area (Å²) in [5.74, 6) is 0.337. The van der Waals surface area contributed by atoms with Gasteiger partial charge in [-0.25, -0.2) is 9.97 Å². The molecule has 0 unspecified atom stereocenters. The van der Waals surface area contributed by atoms with Crippen LogP contribution in [0, 0.1) is 5.92 Å². The summed E-state index contributed by atoms with van der Waals surface area (Å²) in [4.78, 5) is 40.8. The number of rotatable bonds is 11. The Balaban J connectivity index is 1.04. The predicted molar refractivity (Wildman–Crippen MR) is 151 cm³/mol. The van der Waals surface area contributed by atoms with Crippen LogP contribution in [0.3, 0.4) is 0 Å². The molecule has 2 fully saturated rings. The number of hydrogen-bond donors (Lipinski definition) is 4. The molecule has 1 aromatic heterocycles. The minimum absolute atomic E-state index is 0.101. The van der Waals surface area contributed by atoms with Crippen molar-refractivity contribution in [3.05, 3.63) is 53.5 Å². The van der Waals surface area contributed by atoms with E-state index >= 15 is 0 Å². The summed E-state index contributed by atoms with van der Waals surface area (Å²) in [6, 6.07) is 10.3. The molecule has 1 atom stereocenters. The van der Waals surface area contributed by atoms with Crippen LogP contribution in [-0.2, 0) is 22.6 Å². The lowest BCUT2D eigenvalue weighted by Gasteiger charge is -2.30. The fraction of sp³-hybridized carbons (Fsp3) is 0.552. The molecule has 2 amide bonds. The third kappa shape index (κ3) is 7.54. The lowest BCUT2D eigenvalue weighted by molar-refractivity contribution is -0.116. The largest absolute Gasteiger partial charge is 0.399 e. The number of aliphatic hydroxyl groups excluding tert-OH is 1. The maximum Gasteiger partial charge on any atom is 0.270 e.